The van der Waals surface area contributed by atoms with Crippen molar-refractivity contribution in [3.05, 3.63) is 40.1 Å². The first-order chi connectivity index (χ1) is 21.1. The van der Waals surface area contributed by atoms with Gasteiger partial charge < -0.3 is 37.4 Å². The van der Waals surface area contributed by atoms with Gasteiger partial charge in [-0.3, -0.25) is 29.7 Å². The number of aromatic nitrogens is 2. The van der Waals surface area contributed by atoms with Crippen LogP contribution in [0.15, 0.2) is 49.4 Å². The molecule has 1 saturated heterocycles. The molecule has 3 atom stereocenters. The number of β-lactam (4-membered cyclic amide) rings is 1. The first kappa shape index (κ1) is 32.8. The number of hydrogen-bond acceptors (Lipinski definition) is 14. The minimum absolute atomic E-state index is 0.0740. The quantitative estimate of drug-likeness (QED) is 0.0190. The lowest BCUT2D eigenvalue weighted by Crippen LogP contribution is -2.71. The minimum atomic E-state index is -1.32. The van der Waals surface area contributed by atoms with Crippen LogP contribution in [0.4, 0.5) is 9.52 Å². The topological polar surface area (TPSA) is 251 Å². The summed E-state index contributed by atoms with van der Waals surface area (Å²) >= 11 is 4.75. The molecule has 0 radical (unpaired) electrons. The fourth-order valence-electron chi connectivity index (χ4n) is 3.89. The van der Waals surface area contributed by atoms with Crippen molar-refractivity contribution in [3.8, 4) is 0 Å². The second-order valence-corrected chi connectivity index (χ2v) is 12.8. The lowest BCUT2D eigenvalue weighted by molar-refractivity contribution is -0.150. The van der Waals surface area contributed by atoms with Crippen molar-refractivity contribution in [2.45, 2.75) is 27.4 Å². The molecule has 1 fully saturated rings. The zero-order valence-electron chi connectivity index (χ0n) is 22.4. The van der Waals surface area contributed by atoms with Crippen LogP contribution < -0.4 is 27.4 Å². The van der Waals surface area contributed by atoms with Gasteiger partial charge in [-0.2, -0.15) is 0 Å². The van der Waals surface area contributed by atoms with Crippen LogP contribution in [-0.2, 0) is 24.0 Å². The molecule has 0 saturated carbocycles. The second kappa shape index (κ2) is 15.1. The summed E-state index contributed by atoms with van der Waals surface area (Å²) in [5.41, 5.74) is 10.6. The van der Waals surface area contributed by atoms with Crippen molar-refractivity contribution in [1.82, 2.24) is 30.8 Å². The van der Waals surface area contributed by atoms with Crippen LogP contribution in [0.2, 0.25) is 0 Å². The van der Waals surface area contributed by atoms with Crippen LogP contribution in [-0.4, -0.2) is 98.2 Å². The van der Waals surface area contributed by atoms with Gasteiger partial charge in [0.25, 0.3) is 11.8 Å². The van der Waals surface area contributed by atoms with Gasteiger partial charge in [-0.1, -0.05) is 16.9 Å². The van der Waals surface area contributed by atoms with E-state index in [1.165, 1.54) is 35.1 Å². The van der Waals surface area contributed by atoms with Crippen molar-refractivity contribution < 1.29 is 33.5 Å². The van der Waals surface area contributed by atoms with E-state index in [1.807, 2.05) is 0 Å². The highest BCUT2D eigenvalue weighted by atomic mass is 32.2. The monoisotopic (exact) mass is 684 g/mol. The molecule has 0 bridgehead atoms. The fraction of sp³-hybridized carbons (Fsp3) is 0.304. The van der Waals surface area contributed by atoms with Crippen molar-refractivity contribution in [1.29, 1.82) is 5.41 Å². The summed E-state index contributed by atoms with van der Waals surface area (Å²) in [7, 11) is 0. The Morgan fingerprint density at radius 2 is 2.20 bits per heavy atom. The first-order valence-electron chi connectivity index (χ1n) is 12.4. The second-order valence-electron chi connectivity index (χ2n) is 8.60. The van der Waals surface area contributed by atoms with E-state index in [-0.39, 0.29) is 39.7 Å². The third-order valence-electron chi connectivity index (χ3n) is 5.71. The van der Waals surface area contributed by atoms with Crippen LogP contribution >= 0.6 is 46.6 Å². The summed E-state index contributed by atoms with van der Waals surface area (Å²) in [6.07, 6.45) is 2.94. The molecule has 2 aliphatic rings. The van der Waals surface area contributed by atoms with Gasteiger partial charge >= 0.3 is 5.97 Å². The molecule has 2 aromatic heterocycles. The number of pyridine rings is 1. The summed E-state index contributed by atoms with van der Waals surface area (Å²) in [5.74, 6) is -2.64. The Balaban J connectivity index is 1.50. The largest absolute Gasteiger partial charge is 0.477 e. The number of carboxylic acid groups (broad SMARTS) is 1. The van der Waals surface area contributed by atoms with Crippen molar-refractivity contribution in [2.24, 2.45) is 10.9 Å². The van der Waals surface area contributed by atoms with Crippen molar-refractivity contribution in [2.75, 3.05) is 30.5 Å². The van der Waals surface area contributed by atoms with E-state index in [9.17, 15) is 28.7 Å². The van der Waals surface area contributed by atoms with Crippen molar-refractivity contribution in [3.63, 3.8) is 0 Å². The van der Waals surface area contributed by atoms with Crippen molar-refractivity contribution >= 4 is 87.6 Å². The van der Waals surface area contributed by atoms with Gasteiger partial charge in [-0.05, 0) is 6.07 Å². The number of thiazole rings is 1. The Hall–Kier alpha value is -4.08. The number of guanidine groups is 1. The number of carbonyl (C=O) groups is 4. The van der Waals surface area contributed by atoms with Gasteiger partial charge in [-0.15, -0.1) is 34.9 Å². The summed E-state index contributed by atoms with van der Waals surface area (Å²) in [5, 5.41) is 29.7. The van der Waals surface area contributed by atoms with Gasteiger partial charge in [0, 0.05) is 44.0 Å². The molecule has 234 valence electrons. The van der Waals surface area contributed by atoms with Crippen LogP contribution in [0.5, 0.6) is 0 Å². The number of rotatable bonds is 15. The van der Waals surface area contributed by atoms with E-state index in [0.717, 1.165) is 28.0 Å². The summed E-state index contributed by atoms with van der Waals surface area (Å²) in [4.78, 5) is 65.4. The minimum Gasteiger partial charge on any atom is -0.477 e. The number of fused-ring (bicyclic) bond motifs is 1. The smallest absolute Gasteiger partial charge is 0.353 e. The molecular formula is C23H25FN10O6S4. The summed E-state index contributed by atoms with van der Waals surface area (Å²) in [6.45, 7) is -1.24. The number of nitrogens with two attached hydrogens (primary N) is 2. The van der Waals surface area contributed by atoms with E-state index in [2.05, 4.69) is 31.1 Å². The van der Waals surface area contributed by atoms with E-state index in [1.54, 1.807) is 12.3 Å². The zero-order valence-corrected chi connectivity index (χ0v) is 25.7. The average molecular weight is 685 g/mol. The number of hydrogen-bond donors (Lipinski definition) is 7. The standard InChI is InChI=1S/C23H25FN10O6S4/c24-2-4-40-33-15(10-6-43-23(27)30-10)18(36)32-16-19(37)34-17(21(38)39)13(7-42-20(16)34)44-11-1-3-28-5-12(11)41-8-14(29-9-35)31-22(25)26/h1,3,5-6,9,14,16,20H,2,4,7-8H2,(H2,27,30)(H,29,35)(H,32,36)(H,38,39)(H4,25,26,31)/b33-15-/t14?,16-,20+/m1/s1. The number of carboxylic acids is 1. The number of thioether (sulfide) groups is 3. The maximum absolute atomic E-state index is 13.2. The molecule has 2 aromatic rings. The van der Waals surface area contributed by atoms with Gasteiger partial charge in [0.05, 0.1) is 0 Å². The number of amides is 3. The predicted molar refractivity (Wildman–Crippen MR) is 164 cm³/mol. The van der Waals surface area contributed by atoms with E-state index < -0.39 is 48.6 Å². The van der Waals surface area contributed by atoms with Crippen LogP contribution in [0.1, 0.15) is 5.69 Å². The van der Waals surface area contributed by atoms with E-state index in [4.69, 9.17) is 21.7 Å². The fourth-order valence-corrected chi connectivity index (χ4v) is 8.08. The molecule has 4 rings (SSSR count). The Kier molecular flexibility index (Phi) is 11.3. The summed E-state index contributed by atoms with van der Waals surface area (Å²) in [6, 6.07) is 0.619. The first-order valence-corrected chi connectivity index (χ1v) is 16.1. The normalized spacial score (nSPS) is 18.5. The van der Waals surface area contributed by atoms with Gasteiger partial charge in [-0.25, -0.2) is 14.2 Å². The number of nitrogens with one attached hydrogen (secondary N) is 4. The molecule has 1 unspecified atom stereocenters. The number of alkyl halides is 1. The highest BCUT2D eigenvalue weighted by Crippen LogP contribution is 2.46. The molecule has 4 heterocycles. The molecular weight excluding hydrogens is 660 g/mol. The molecule has 21 heteroatoms. The molecule has 0 spiro atoms. The Labute approximate surface area is 265 Å². The van der Waals surface area contributed by atoms with E-state index >= 15 is 0 Å². The molecule has 0 aromatic carbocycles. The SMILES string of the molecule is N=C(N)NC(CSc1cnccc1SC1=C(C(=O)O)N2C(=O)[C@@H](NC(=O)/C(=N\OCCF)c3csc(N)n3)[C@@H]2SC1)NC=O. The maximum atomic E-state index is 13.2. The maximum Gasteiger partial charge on any atom is 0.353 e. The molecule has 44 heavy (non-hydrogen) atoms. The molecule has 9 N–H and O–H groups in total. The number of carbonyl (C=O) groups excluding carboxylic acids is 3. The Morgan fingerprint density at radius 3 is 2.86 bits per heavy atom. The third-order valence-corrected chi connectivity index (χ3v) is 10.3. The van der Waals surface area contributed by atoms with Crippen LogP contribution in [0, 0.1) is 5.41 Å². The van der Waals surface area contributed by atoms with Gasteiger partial charge in [0.2, 0.25) is 6.41 Å². The predicted octanol–water partition coefficient (Wildman–Crippen LogP) is -0.0538. The lowest BCUT2D eigenvalue weighted by atomic mass is 10.0. The number of anilines is 1. The number of oxime groups is 1. The Bertz CT molecular complexity index is 1510. The van der Waals surface area contributed by atoms with Crippen LogP contribution in [0.25, 0.3) is 0 Å². The van der Waals surface area contributed by atoms with Gasteiger partial charge in [0.15, 0.2) is 16.8 Å². The number of nitrogens with zero attached hydrogens (tertiary/aromatic N) is 4. The van der Waals surface area contributed by atoms with Crippen LogP contribution in [0.3, 0.4) is 0 Å². The molecule has 16 nitrogen and oxygen atoms in total. The zero-order chi connectivity index (χ0) is 31.8. The summed E-state index contributed by atoms with van der Waals surface area (Å²) < 4.78 is 12.5. The molecule has 3 amide bonds. The number of nitrogen functional groups attached to an aromatic ring is 1. The van der Waals surface area contributed by atoms with Gasteiger partial charge in [0.1, 0.15) is 42.3 Å². The average Bonchev–Trinajstić information content (AvgIpc) is 3.42. The number of aliphatic carboxylic acids is 1. The third kappa shape index (κ3) is 7.70. The number of halogens is 1. The molecule has 0 aliphatic carbocycles. The highest BCUT2D eigenvalue weighted by molar-refractivity contribution is 8.07. The molecule has 2 aliphatic heterocycles. The Morgan fingerprint density at radius 1 is 1.41 bits per heavy atom. The highest BCUT2D eigenvalue weighted by Gasteiger charge is 2.54. The van der Waals surface area contributed by atoms with E-state index in [0.29, 0.717) is 21.1 Å². The lowest BCUT2D eigenvalue weighted by Gasteiger charge is -2.49.